The van der Waals surface area contributed by atoms with E-state index in [9.17, 15) is 49.7 Å². The fourth-order valence-corrected chi connectivity index (χ4v) is 5.03. The van der Waals surface area contributed by atoms with Crippen LogP contribution in [0.4, 0.5) is 8.78 Å². The number of phenols is 2. The van der Waals surface area contributed by atoms with Crippen LogP contribution in [-0.2, 0) is 20.2 Å². The van der Waals surface area contributed by atoms with Gasteiger partial charge >= 0.3 is 59.1 Å². The second kappa shape index (κ2) is 26.7. The Hall–Kier alpha value is -2.00. The molecule has 0 fully saturated rings. The van der Waals surface area contributed by atoms with Gasteiger partial charge in [0.25, 0.3) is 0 Å². The van der Waals surface area contributed by atoms with Crippen LogP contribution in [-0.4, -0.2) is 84.5 Å². The molecule has 0 atom stereocenters. The van der Waals surface area contributed by atoms with Crippen LogP contribution in [0.2, 0.25) is 10.0 Å². The summed E-state index contributed by atoms with van der Waals surface area (Å²) in [6.45, 7) is 0.289. The number of nitrogens with zero attached hydrogens (tertiary/aromatic N) is 1. The molecule has 0 amide bonds. The van der Waals surface area contributed by atoms with Gasteiger partial charge in [-0.25, -0.2) is 25.6 Å². The minimum atomic E-state index is -4.32. The Morgan fingerprint density at radius 3 is 1.51 bits per heavy atom. The van der Waals surface area contributed by atoms with E-state index in [0.717, 1.165) is 37.4 Å². The van der Waals surface area contributed by atoms with Crippen LogP contribution < -0.4 is 64.8 Å². The van der Waals surface area contributed by atoms with Gasteiger partial charge in [-0.15, -0.1) is 0 Å². The van der Waals surface area contributed by atoms with Gasteiger partial charge in [0.15, 0.2) is 5.78 Å². The van der Waals surface area contributed by atoms with Crippen molar-refractivity contribution >= 4 is 54.9 Å². The standard InChI is InChI=1S/C16H15ClFNO4S.C13H8ClFO2.C3H9NO3S.CH4O.2Na/c17-12-4-2-11(3-5-12)16(19-8-1-9-24(21,22)23)14-10-13(18)6-7-15(14)20;14-9-3-1-8(2-4-9)13(17)11-7-10(15)5-6-12(11)16;4-2-1-3-8(5,6)7;1-2;;/h2-7,10,20H,1,8-9H2,(H,21,22,23);1-7,16H;1-4H2,(H,5,6,7);2H,1H3;;/q;;;;2*+1/p-2. The number of benzene rings is 4. The first-order valence-corrected chi connectivity index (χ1v) is 18.4. The summed E-state index contributed by atoms with van der Waals surface area (Å²) in [7, 11) is -7.33. The molecule has 0 saturated carbocycles. The minimum absolute atomic E-state index is 0. The maximum atomic E-state index is 13.5. The van der Waals surface area contributed by atoms with Crippen LogP contribution in [0.5, 0.6) is 11.5 Å². The van der Waals surface area contributed by atoms with Crippen LogP contribution >= 0.6 is 23.2 Å². The molecule has 0 aromatic heterocycles. The van der Waals surface area contributed by atoms with Gasteiger partial charge in [0, 0.05) is 51.9 Å². The van der Waals surface area contributed by atoms with E-state index in [1.54, 1.807) is 36.4 Å². The maximum absolute atomic E-state index is 13.5. The van der Waals surface area contributed by atoms with E-state index in [-0.39, 0.29) is 119 Å². The molecule has 278 valence electrons. The first kappa shape index (κ1) is 53.1. The second-order valence-corrected chi connectivity index (χ2v) is 13.8. The van der Waals surface area contributed by atoms with Crippen molar-refractivity contribution in [2.75, 3.05) is 31.7 Å². The van der Waals surface area contributed by atoms with E-state index < -0.39 is 43.4 Å². The van der Waals surface area contributed by atoms with Crippen molar-refractivity contribution in [1.82, 2.24) is 0 Å². The zero-order chi connectivity index (χ0) is 38.8. The average Bonchev–Trinajstić information content (AvgIpc) is 3.07. The van der Waals surface area contributed by atoms with Crippen molar-refractivity contribution in [1.29, 1.82) is 0 Å². The number of aliphatic imine (C=N–C) groups is 1. The van der Waals surface area contributed by atoms with E-state index >= 15 is 0 Å². The molecule has 4 rings (SSSR count). The number of hydrogen-bond acceptors (Lipinski definition) is 12. The van der Waals surface area contributed by atoms with Crippen molar-refractivity contribution in [3.63, 3.8) is 0 Å². The maximum Gasteiger partial charge on any atom is 1.00 e. The smallest absolute Gasteiger partial charge is 0.748 e. The van der Waals surface area contributed by atoms with Crippen molar-refractivity contribution in [3.05, 3.63) is 129 Å². The van der Waals surface area contributed by atoms with Crippen LogP contribution in [0.25, 0.3) is 0 Å². The number of rotatable bonds is 11. The third-order valence-corrected chi connectivity index (χ3v) is 8.14. The third kappa shape index (κ3) is 21.6. The predicted octanol–water partition coefficient (Wildman–Crippen LogP) is -1.13. The number of hydrogen-bond donors (Lipinski definition) is 4. The zero-order valence-electron chi connectivity index (χ0n) is 28.9. The van der Waals surface area contributed by atoms with Gasteiger partial charge in [0.1, 0.15) is 23.1 Å². The van der Waals surface area contributed by atoms with Crippen LogP contribution in [0.1, 0.15) is 39.9 Å². The first-order valence-electron chi connectivity index (χ1n) is 14.5. The predicted molar refractivity (Wildman–Crippen MR) is 189 cm³/mol. The molecule has 4 aromatic carbocycles. The summed E-state index contributed by atoms with van der Waals surface area (Å²) in [4.78, 5) is 16.2. The van der Waals surface area contributed by atoms with Crippen LogP contribution in [0.15, 0.2) is 89.9 Å². The third-order valence-electron chi connectivity index (χ3n) is 6.06. The normalized spacial score (nSPS) is 10.8. The topological polar surface area (TPSA) is 231 Å². The first-order chi connectivity index (χ1) is 23.9. The minimum Gasteiger partial charge on any atom is -0.748 e. The molecule has 0 aliphatic carbocycles. The van der Waals surface area contributed by atoms with Crippen molar-refractivity contribution in [3.8, 4) is 11.5 Å². The summed E-state index contributed by atoms with van der Waals surface area (Å²) >= 11 is 11.5. The molecular formula is C33H34Cl2F2N2Na2O10S2. The molecule has 0 aliphatic rings. The Bertz CT molecular complexity index is 1980. The molecular weight excluding hydrogens is 803 g/mol. The fourth-order valence-electron chi connectivity index (χ4n) is 3.78. The molecule has 53 heavy (non-hydrogen) atoms. The van der Waals surface area contributed by atoms with Gasteiger partial charge in [-0.3, -0.25) is 9.79 Å². The molecule has 5 N–H and O–H groups in total. The van der Waals surface area contributed by atoms with E-state index in [1.165, 1.54) is 18.2 Å². The van der Waals surface area contributed by atoms with E-state index in [0.29, 0.717) is 21.2 Å². The number of phenolic OH excluding ortho intramolecular Hbond substituents is 2. The monoisotopic (exact) mass is 836 g/mol. The number of halogens is 4. The molecule has 0 unspecified atom stereocenters. The van der Waals surface area contributed by atoms with Crippen molar-refractivity contribution in [2.24, 2.45) is 10.7 Å². The molecule has 0 saturated heterocycles. The average molecular weight is 838 g/mol. The van der Waals surface area contributed by atoms with E-state index in [1.807, 2.05) is 0 Å². The summed E-state index contributed by atoms with van der Waals surface area (Å²) in [5, 5.41) is 27.5. The van der Waals surface area contributed by atoms with Crippen molar-refractivity contribution in [2.45, 2.75) is 12.8 Å². The van der Waals surface area contributed by atoms with Crippen LogP contribution in [0.3, 0.4) is 0 Å². The van der Waals surface area contributed by atoms with Gasteiger partial charge in [-0.05, 0) is 92.2 Å². The van der Waals surface area contributed by atoms with Crippen molar-refractivity contribution < 1.29 is 114 Å². The van der Waals surface area contributed by atoms with Gasteiger partial charge in [-0.1, -0.05) is 35.3 Å². The summed E-state index contributed by atoms with van der Waals surface area (Å²) < 4.78 is 87.8. The Morgan fingerprint density at radius 2 is 1.09 bits per heavy atom. The summed E-state index contributed by atoms with van der Waals surface area (Å²) in [5.41, 5.74) is 6.24. The number of aliphatic hydroxyl groups is 1. The molecule has 20 heteroatoms. The molecule has 0 bridgehead atoms. The second-order valence-electron chi connectivity index (χ2n) is 9.92. The fraction of sp³-hybridized carbons (Fsp3) is 0.212. The number of aliphatic hydroxyl groups excluding tert-OH is 1. The molecule has 12 nitrogen and oxygen atoms in total. The number of carbonyl (C=O) groups is 1. The number of carbonyl (C=O) groups excluding carboxylic acids is 1. The van der Waals surface area contributed by atoms with Crippen LogP contribution in [0, 0.1) is 11.6 Å². The molecule has 0 radical (unpaired) electrons. The number of ketones is 1. The summed E-state index contributed by atoms with van der Waals surface area (Å²) in [5.74, 6) is -2.86. The molecule has 0 aliphatic heterocycles. The van der Waals surface area contributed by atoms with Gasteiger partial charge in [0.05, 0.1) is 31.5 Å². The molecule has 0 heterocycles. The largest absolute Gasteiger partial charge is 1.00 e. The number of aromatic hydroxyl groups is 2. The Morgan fingerprint density at radius 1 is 0.698 bits per heavy atom. The summed E-state index contributed by atoms with van der Waals surface area (Å²) in [6, 6.07) is 19.4. The molecule has 4 aromatic rings. The summed E-state index contributed by atoms with van der Waals surface area (Å²) in [6.07, 6.45) is 0.283. The quantitative estimate of drug-likeness (QED) is 0.0465. The van der Waals surface area contributed by atoms with Gasteiger partial charge in [-0.2, -0.15) is 0 Å². The van der Waals surface area contributed by atoms with Gasteiger partial charge < -0.3 is 30.2 Å². The van der Waals surface area contributed by atoms with E-state index in [2.05, 4.69) is 4.99 Å². The Balaban J connectivity index is 0. The SMILES string of the molecule is CO.NCCCS(=O)(=O)[O-].O=C(c1ccc(Cl)cc1)c1cc(F)ccc1O.O=S(=O)([O-])CCCN=C(c1ccc(Cl)cc1)c1cc(F)ccc1O.[Na+].[Na+]. The molecule has 0 spiro atoms. The van der Waals surface area contributed by atoms with Gasteiger partial charge in [0.2, 0.25) is 0 Å². The number of nitrogens with two attached hydrogens (primary N) is 1. The Labute approximate surface area is 361 Å². The Kier molecular flexibility index (Phi) is 26.8. The zero-order valence-corrected chi connectivity index (χ0v) is 36.0. The van der Waals surface area contributed by atoms with E-state index in [4.69, 9.17) is 34.0 Å².